The fraction of sp³-hybridized carbons (Fsp3) is 0.273. The summed E-state index contributed by atoms with van der Waals surface area (Å²) >= 11 is 0. The van der Waals surface area contributed by atoms with Gasteiger partial charge in [0.15, 0.2) is 0 Å². The molecule has 0 fully saturated rings. The molecule has 0 atom stereocenters. The molecule has 32 heavy (non-hydrogen) atoms. The van der Waals surface area contributed by atoms with Crippen molar-refractivity contribution in [2.24, 2.45) is 0 Å². The van der Waals surface area contributed by atoms with Gasteiger partial charge in [-0.3, -0.25) is 9.59 Å². The second kappa shape index (κ2) is 11.8. The van der Waals surface area contributed by atoms with Crippen LogP contribution >= 0.6 is 0 Å². The highest BCUT2D eigenvalue weighted by Gasteiger charge is 2.30. The minimum atomic E-state index is -4.82. The van der Waals surface area contributed by atoms with E-state index in [1.165, 1.54) is 30.3 Å². The highest BCUT2D eigenvalue weighted by Crippen LogP contribution is 2.23. The Morgan fingerprint density at radius 3 is 2.22 bits per heavy atom. The Labute approximate surface area is 182 Å². The third kappa shape index (κ3) is 8.31. The fourth-order valence-corrected chi connectivity index (χ4v) is 2.47. The van der Waals surface area contributed by atoms with E-state index in [9.17, 15) is 22.8 Å². The number of rotatable bonds is 10. The molecule has 0 unspecified atom stereocenters. The summed E-state index contributed by atoms with van der Waals surface area (Å²) in [7, 11) is 0. The van der Waals surface area contributed by atoms with Crippen LogP contribution in [-0.4, -0.2) is 43.0 Å². The summed E-state index contributed by atoms with van der Waals surface area (Å²) in [5.74, 6) is -1.07. The van der Waals surface area contributed by atoms with Gasteiger partial charge in [-0.15, -0.1) is 13.2 Å². The van der Waals surface area contributed by atoms with Crippen LogP contribution in [0.15, 0.2) is 54.2 Å². The molecule has 0 bridgehead atoms. The SMILES string of the molecule is CCCOc1ccc(C(=O)N/C(=C/c2ccc(OC(F)(F)F)cc2)C(=O)NCCO)cc1. The largest absolute Gasteiger partial charge is 0.573 e. The molecule has 0 saturated carbocycles. The highest BCUT2D eigenvalue weighted by molar-refractivity contribution is 6.05. The van der Waals surface area contributed by atoms with Gasteiger partial charge in [0.2, 0.25) is 0 Å². The number of aliphatic hydroxyl groups is 1. The van der Waals surface area contributed by atoms with Crippen LogP contribution in [0.3, 0.4) is 0 Å². The van der Waals surface area contributed by atoms with Crippen molar-refractivity contribution >= 4 is 17.9 Å². The Morgan fingerprint density at radius 1 is 1.03 bits per heavy atom. The number of ether oxygens (including phenoxy) is 2. The van der Waals surface area contributed by atoms with Gasteiger partial charge >= 0.3 is 6.36 Å². The summed E-state index contributed by atoms with van der Waals surface area (Å²) in [5.41, 5.74) is 0.458. The van der Waals surface area contributed by atoms with Crippen LogP contribution in [-0.2, 0) is 4.79 Å². The third-order valence-electron chi connectivity index (χ3n) is 3.90. The standard InChI is InChI=1S/C22H23F3N2O5/c1-2-13-31-17-9-5-16(6-10-17)20(29)27-19(21(30)26-11-12-28)14-15-3-7-18(8-4-15)32-22(23,24)25/h3-10,14,28H,2,11-13H2,1H3,(H,26,30)(H,27,29)/b19-14+. The fourth-order valence-electron chi connectivity index (χ4n) is 2.47. The Morgan fingerprint density at radius 2 is 1.66 bits per heavy atom. The molecule has 7 nitrogen and oxygen atoms in total. The van der Waals surface area contributed by atoms with Gasteiger partial charge in [0.1, 0.15) is 17.2 Å². The second-order valence-corrected chi connectivity index (χ2v) is 6.48. The first-order valence-electron chi connectivity index (χ1n) is 9.72. The molecule has 10 heteroatoms. The third-order valence-corrected chi connectivity index (χ3v) is 3.90. The van der Waals surface area contributed by atoms with Crippen LogP contribution in [0.1, 0.15) is 29.3 Å². The monoisotopic (exact) mass is 452 g/mol. The number of carbonyl (C=O) groups is 2. The van der Waals surface area contributed by atoms with Gasteiger partial charge in [0, 0.05) is 12.1 Å². The Hall–Kier alpha value is -3.53. The molecule has 3 N–H and O–H groups in total. The van der Waals surface area contributed by atoms with Crippen LogP contribution in [0, 0.1) is 0 Å². The van der Waals surface area contributed by atoms with E-state index in [0.717, 1.165) is 18.6 Å². The van der Waals surface area contributed by atoms with E-state index in [0.29, 0.717) is 17.9 Å². The Bertz CT molecular complexity index is 926. The van der Waals surface area contributed by atoms with Gasteiger partial charge in [-0.25, -0.2) is 0 Å². The van der Waals surface area contributed by atoms with Crippen molar-refractivity contribution in [1.29, 1.82) is 0 Å². The number of hydrogen-bond acceptors (Lipinski definition) is 5. The molecule has 0 aliphatic rings. The number of alkyl halides is 3. The maximum Gasteiger partial charge on any atom is 0.573 e. The normalized spacial score (nSPS) is 11.6. The molecule has 2 aromatic rings. The molecule has 0 spiro atoms. The molecule has 172 valence electrons. The molecule has 2 rings (SSSR count). The predicted molar refractivity (Wildman–Crippen MR) is 111 cm³/mol. The Kier molecular flexibility index (Phi) is 9.08. The molecule has 0 heterocycles. The van der Waals surface area contributed by atoms with E-state index >= 15 is 0 Å². The lowest BCUT2D eigenvalue weighted by Gasteiger charge is -2.12. The zero-order chi connectivity index (χ0) is 23.6. The van der Waals surface area contributed by atoms with E-state index < -0.39 is 23.9 Å². The molecular weight excluding hydrogens is 429 g/mol. The van der Waals surface area contributed by atoms with E-state index in [1.54, 1.807) is 12.1 Å². The number of amides is 2. The van der Waals surface area contributed by atoms with Crippen molar-refractivity contribution < 1.29 is 37.3 Å². The number of nitrogens with one attached hydrogen (secondary N) is 2. The van der Waals surface area contributed by atoms with Gasteiger partial charge in [0.25, 0.3) is 11.8 Å². The second-order valence-electron chi connectivity index (χ2n) is 6.48. The molecule has 2 amide bonds. The lowest BCUT2D eigenvalue weighted by atomic mass is 10.1. The Balaban J connectivity index is 2.19. The summed E-state index contributed by atoms with van der Waals surface area (Å²) in [6.07, 6.45) is -2.69. The highest BCUT2D eigenvalue weighted by atomic mass is 19.4. The number of halogens is 3. The van der Waals surface area contributed by atoms with Crippen molar-refractivity contribution in [3.63, 3.8) is 0 Å². The van der Waals surface area contributed by atoms with Crippen molar-refractivity contribution in [3.8, 4) is 11.5 Å². The van der Waals surface area contributed by atoms with Crippen LogP contribution in [0.2, 0.25) is 0 Å². The summed E-state index contributed by atoms with van der Waals surface area (Å²) in [6.45, 7) is 2.15. The lowest BCUT2D eigenvalue weighted by Crippen LogP contribution is -2.36. The molecule has 0 aliphatic carbocycles. The van der Waals surface area contributed by atoms with Gasteiger partial charge in [-0.05, 0) is 54.5 Å². The van der Waals surface area contributed by atoms with Gasteiger partial charge in [-0.2, -0.15) is 0 Å². The molecule has 0 saturated heterocycles. The minimum Gasteiger partial charge on any atom is -0.494 e. The quantitative estimate of drug-likeness (QED) is 0.481. The molecule has 0 aromatic heterocycles. The molecule has 2 aromatic carbocycles. The van der Waals surface area contributed by atoms with E-state index in [2.05, 4.69) is 15.4 Å². The summed E-state index contributed by atoms with van der Waals surface area (Å²) in [6, 6.07) is 11.1. The van der Waals surface area contributed by atoms with Crippen molar-refractivity contribution in [2.75, 3.05) is 19.8 Å². The number of aliphatic hydroxyl groups excluding tert-OH is 1. The van der Waals surface area contributed by atoms with Gasteiger partial charge in [-0.1, -0.05) is 19.1 Å². The smallest absolute Gasteiger partial charge is 0.494 e. The van der Waals surface area contributed by atoms with Crippen molar-refractivity contribution in [2.45, 2.75) is 19.7 Å². The number of hydrogen-bond donors (Lipinski definition) is 3. The van der Waals surface area contributed by atoms with Crippen LogP contribution < -0.4 is 20.1 Å². The van der Waals surface area contributed by atoms with E-state index in [1.807, 2.05) is 6.92 Å². The van der Waals surface area contributed by atoms with Gasteiger partial charge in [0.05, 0.1) is 13.2 Å². The average Bonchev–Trinajstić information content (AvgIpc) is 2.76. The number of carbonyl (C=O) groups excluding carboxylic acids is 2. The summed E-state index contributed by atoms with van der Waals surface area (Å²) < 4.78 is 46.2. The van der Waals surface area contributed by atoms with Crippen LogP contribution in [0.25, 0.3) is 6.08 Å². The maximum absolute atomic E-state index is 12.6. The zero-order valence-corrected chi connectivity index (χ0v) is 17.2. The number of benzene rings is 2. The molecule has 0 aliphatic heterocycles. The van der Waals surface area contributed by atoms with Crippen LogP contribution in [0.5, 0.6) is 11.5 Å². The minimum absolute atomic E-state index is 0.0477. The van der Waals surface area contributed by atoms with E-state index in [4.69, 9.17) is 9.84 Å². The first-order valence-corrected chi connectivity index (χ1v) is 9.72. The summed E-state index contributed by atoms with van der Waals surface area (Å²) in [5, 5.41) is 13.8. The predicted octanol–water partition coefficient (Wildman–Crippen LogP) is 3.25. The average molecular weight is 452 g/mol. The zero-order valence-electron chi connectivity index (χ0n) is 17.2. The first kappa shape index (κ1) is 24.7. The van der Waals surface area contributed by atoms with Crippen LogP contribution in [0.4, 0.5) is 13.2 Å². The first-order chi connectivity index (χ1) is 15.2. The topological polar surface area (TPSA) is 96.9 Å². The lowest BCUT2D eigenvalue weighted by molar-refractivity contribution is -0.274. The van der Waals surface area contributed by atoms with Gasteiger partial charge < -0.3 is 25.2 Å². The van der Waals surface area contributed by atoms with E-state index in [-0.39, 0.29) is 24.4 Å². The van der Waals surface area contributed by atoms with Crippen molar-refractivity contribution in [3.05, 3.63) is 65.4 Å². The maximum atomic E-state index is 12.6. The summed E-state index contributed by atoms with van der Waals surface area (Å²) in [4.78, 5) is 25.0. The molecular formula is C22H23F3N2O5. The molecule has 0 radical (unpaired) electrons. The van der Waals surface area contributed by atoms with Crippen molar-refractivity contribution in [1.82, 2.24) is 10.6 Å².